The fourth-order valence-corrected chi connectivity index (χ4v) is 2.13. The number of hydrogen-bond donors (Lipinski definition) is 2. The Kier molecular flexibility index (Phi) is 5.46. The van der Waals surface area contributed by atoms with Crippen LogP contribution in [-0.4, -0.2) is 22.7 Å². The highest BCUT2D eigenvalue weighted by Crippen LogP contribution is 2.34. The van der Waals surface area contributed by atoms with Gasteiger partial charge in [0.2, 0.25) is 0 Å². The summed E-state index contributed by atoms with van der Waals surface area (Å²) in [6.07, 6.45) is -4.83. The van der Waals surface area contributed by atoms with E-state index in [0.29, 0.717) is 18.7 Å². The largest absolute Gasteiger partial charge is 0.419 e. The number of halogens is 4. The fraction of sp³-hybridized carbons (Fsp3) is 0.375. The standard InChI is InChI=1S/C16H16F4N2O3/c1-8(2)6-21-15(24)13-10(7-23)14(25-22-13)9-3-4-11(12(17)5-9)16(18,19)20/h3-5,8,23H,6-7H2,1-2H3,(H,21,24). The Balaban J connectivity index is 2.38. The molecule has 5 nitrogen and oxygen atoms in total. The molecule has 1 amide bonds. The van der Waals surface area contributed by atoms with Crippen LogP contribution in [0.4, 0.5) is 17.6 Å². The molecule has 0 saturated carbocycles. The first-order chi connectivity index (χ1) is 11.6. The Hall–Kier alpha value is -2.42. The van der Waals surface area contributed by atoms with Crippen molar-refractivity contribution in [1.82, 2.24) is 10.5 Å². The predicted molar refractivity (Wildman–Crippen MR) is 80.0 cm³/mol. The molecule has 1 aromatic carbocycles. The monoisotopic (exact) mass is 360 g/mol. The van der Waals surface area contributed by atoms with Gasteiger partial charge in [0.05, 0.1) is 17.7 Å². The molecular weight excluding hydrogens is 344 g/mol. The van der Waals surface area contributed by atoms with Crippen molar-refractivity contribution in [2.45, 2.75) is 26.6 Å². The van der Waals surface area contributed by atoms with Crippen molar-refractivity contribution >= 4 is 5.91 Å². The summed E-state index contributed by atoms with van der Waals surface area (Å²) >= 11 is 0. The predicted octanol–water partition coefficient (Wildman–Crippen LogP) is 3.38. The van der Waals surface area contributed by atoms with Crippen LogP contribution in [0.2, 0.25) is 0 Å². The lowest BCUT2D eigenvalue weighted by Crippen LogP contribution is -2.28. The van der Waals surface area contributed by atoms with Gasteiger partial charge in [0.25, 0.3) is 5.91 Å². The molecule has 0 aliphatic heterocycles. The van der Waals surface area contributed by atoms with Gasteiger partial charge < -0.3 is 14.9 Å². The first-order valence-electron chi connectivity index (χ1n) is 7.39. The molecule has 1 heterocycles. The Labute approximate surface area is 140 Å². The Bertz CT molecular complexity index is 769. The van der Waals surface area contributed by atoms with E-state index >= 15 is 0 Å². The summed E-state index contributed by atoms with van der Waals surface area (Å²) in [6.45, 7) is 3.48. The van der Waals surface area contributed by atoms with Crippen LogP contribution in [0, 0.1) is 11.7 Å². The van der Waals surface area contributed by atoms with Gasteiger partial charge in [0.1, 0.15) is 5.82 Å². The number of aliphatic hydroxyl groups is 1. The van der Waals surface area contributed by atoms with Crippen molar-refractivity contribution in [2.24, 2.45) is 5.92 Å². The second-order valence-electron chi connectivity index (χ2n) is 5.79. The van der Waals surface area contributed by atoms with E-state index in [0.717, 1.165) is 6.07 Å². The molecule has 0 spiro atoms. The number of rotatable bonds is 5. The second kappa shape index (κ2) is 7.22. The van der Waals surface area contributed by atoms with E-state index in [9.17, 15) is 27.5 Å². The Morgan fingerprint density at radius 3 is 2.56 bits per heavy atom. The summed E-state index contributed by atoms with van der Waals surface area (Å²) < 4.78 is 56.5. The minimum Gasteiger partial charge on any atom is -0.391 e. The van der Waals surface area contributed by atoms with Crippen LogP contribution in [-0.2, 0) is 12.8 Å². The maximum atomic E-state index is 13.7. The first-order valence-corrected chi connectivity index (χ1v) is 7.39. The van der Waals surface area contributed by atoms with Gasteiger partial charge in [-0.3, -0.25) is 4.79 Å². The first kappa shape index (κ1) is 18.9. The number of amides is 1. The number of carbonyl (C=O) groups is 1. The van der Waals surface area contributed by atoms with Gasteiger partial charge in [-0.1, -0.05) is 25.1 Å². The van der Waals surface area contributed by atoms with Crippen molar-refractivity contribution in [3.63, 3.8) is 0 Å². The lowest BCUT2D eigenvalue weighted by atomic mass is 10.0. The van der Waals surface area contributed by atoms with Crippen LogP contribution in [0.25, 0.3) is 11.3 Å². The molecule has 1 aromatic heterocycles. The quantitative estimate of drug-likeness (QED) is 0.802. The van der Waals surface area contributed by atoms with Gasteiger partial charge in [-0.25, -0.2) is 4.39 Å². The number of aromatic nitrogens is 1. The molecule has 0 aliphatic carbocycles. The van der Waals surface area contributed by atoms with E-state index in [1.54, 1.807) is 0 Å². The molecule has 0 bridgehead atoms. The highest BCUT2D eigenvalue weighted by molar-refractivity contribution is 5.95. The van der Waals surface area contributed by atoms with Gasteiger partial charge in [0, 0.05) is 12.1 Å². The number of nitrogens with one attached hydrogen (secondary N) is 1. The average Bonchev–Trinajstić information content (AvgIpc) is 2.95. The van der Waals surface area contributed by atoms with Crippen LogP contribution in [0.3, 0.4) is 0 Å². The lowest BCUT2D eigenvalue weighted by Gasteiger charge is -2.09. The Morgan fingerprint density at radius 2 is 2.04 bits per heavy atom. The van der Waals surface area contributed by atoms with Crippen molar-refractivity contribution in [2.75, 3.05) is 6.54 Å². The van der Waals surface area contributed by atoms with Gasteiger partial charge in [-0.15, -0.1) is 0 Å². The average molecular weight is 360 g/mol. The maximum absolute atomic E-state index is 13.7. The van der Waals surface area contributed by atoms with E-state index in [1.165, 1.54) is 0 Å². The topological polar surface area (TPSA) is 75.4 Å². The molecule has 0 radical (unpaired) electrons. The molecule has 0 atom stereocenters. The molecule has 0 fully saturated rings. The van der Waals surface area contributed by atoms with E-state index in [4.69, 9.17) is 4.52 Å². The van der Waals surface area contributed by atoms with Crippen molar-refractivity contribution in [3.05, 3.63) is 40.8 Å². The number of alkyl halides is 3. The third-order valence-corrected chi connectivity index (χ3v) is 3.37. The molecule has 2 rings (SSSR count). The smallest absolute Gasteiger partial charge is 0.391 e. The lowest BCUT2D eigenvalue weighted by molar-refractivity contribution is -0.139. The molecule has 0 saturated heterocycles. The number of hydrogen-bond acceptors (Lipinski definition) is 4. The van der Waals surface area contributed by atoms with Crippen LogP contribution in [0.1, 0.15) is 35.5 Å². The summed E-state index contributed by atoms with van der Waals surface area (Å²) in [5.41, 5.74) is -1.71. The van der Waals surface area contributed by atoms with E-state index < -0.39 is 30.1 Å². The molecule has 0 aliphatic rings. The maximum Gasteiger partial charge on any atom is 0.419 e. The molecule has 25 heavy (non-hydrogen) atoms. The van der Waals surface area contributed by atoms with E-state index in [2.05, 4.69) is 10.5 Å². The molecule has 2 aromatic rings. The van der Waals surface area contributed by atoms with Crippen molar-refractivity contribution < 1.29 is 32.0 Å². The molecule has 9 heteroatoms. The second-order valence-corrected chi connectivity index (χ2v) is 5.79. The van der Waals surface area contributed by atoms with Crippen molar-refractivity contribution in [3.8, 4) is 11.3 Å². The van der Waals surface area contributed by atoms with Gasteiger partial charge in [-0.2, -0.15) is 13.2 Å². The number of aliphatic hydroxyl groups excluding tert-OH is 1. The summed E-state index contributed by atoms with van der Waals surface area (Å²) in [6, 6.07) is 2.17. The minimum atomic E-state index is -4.83. The number of nitrogens with zero attached hydrogens (tertiary/aromatic N) is 1. The Morgan fingerprint density at radius 1 is 1.36 bits per heavy atom. The molecular formula is C16H16F4N2O3. The van der Waals surface area contributed by atoms with Crippen LogP contribution >= 0.6 is 0 Å². The highest BCUT2D eigenvalue weighted by atomic mass is 19.4. The van der Waals surface area contributed by atoms with Gasteiger partial charge in [-0.05, 0) is 18.1 Å². The summed E-state index contributed by atoms with van der Waals surface area (Å²) in [7, 11) is 0. The number of carbonyl (C=O) groups excluding carboxylic acids is 1. The molecule has 2 N–H and O–H groups in total. The highest BCUT2D eigenvalue weighted by Gasteiger charge is 2.34. The van der Waals surface area contributed by atoms with E-state index in [-0.39, 0.29) is 28.5 Å². The minimum absolute atomic E-state index is 0.0274. The zero-order chi connectivity index (χ0) is 18.8. The zero-order valence-corrected chi connectivity index (χ0v) is 13.4. The summed E-state index contributed by atoms with van der Waals surface area (Å²) in [5, 5.41) is 15.6. The van der Waals surface area contributed by atoms with Gasteiger partial charge >= 0.3 is 6.18 Å². The van der Waals surface area contributed by atoms with Crippen molar-refractivity contribution in [1.29, 1.82) is 0 Å². The normalized spacial score (nSPS) is 11.8. The summed E-state index contributed by atoms with van der Waals surface area (Å²) in [4.78, 5) is 12.1. The van der Waals surface area contributed by atoms with Crippen LogP contribution in [0.15, 0.2) is 22.7 Å². The van der Waals surface area contributed by atoms with Crippen LogP contribution in [0.5, 0.6) is 0 Å². The van der Waals surface area contributed by atoms with Crippen LogP contribution < -0.4 is 5.32 Å². The molecule has 0 unspecified atom stereocenters. The third-order valence-electron chi connectivity index (χ3n) is 3.37. The van der Waals surface area contributed by atoms with E-state index in [1.807, 2.05) is 13.8 Å². The number of benzene rings is 1. The van der Waals surface area contributed by atoms with Gasteiger partial charge in [0.15, 0.2) is 11.5 Å². The fourth-order valence-electron chi connectivity index (χ4n) is 2.13. The molecule has 136 valence electrons. The SMILES string of the molecule is CC(C)CNC(=O)c1noc(-c2ccc(C(F)(F)F)c(F)c2)c1CO. The third kappa shape index (κ3) is 4.16. The summed E-state index contributed by atoms with van der Waals surface area (Å²) in [5.74, 6) is -2.07. The zero-order valence-electron chi connectivity index (χ0n) is 13.4.